The maximum atomic E-state index is 11.9. The van der Waals surface area contributed by atoms with Gasteiger partial charge in [0.15, 0.2) is 5.82 Å². The molecule has 0 aromatic carbocycles. The number of aromatic nitrogens is 2. The van der Waals surface area contributed by atoms with E-state index in [1.807, 2.05) is 31.5 Å². The van der Waals surface area contributed by atoms with Crippen LogP contribution in [-0.4, -0.2) is 34.2 Å². The number of amides is 2. The van der Waals surface area contributed by atoms with E-state index in [1.54, 1.807) is 0 Å². The minimum absolute atomic E-state index is 0. The maximum Gasteiger partial charge on any atom is 0.244 e. The number of hydrogen-bond acceptors (Lipinski definition) is 4. The number of rotatable bonds is 7. The lowest BCUT2D eigenvalue weighted by molar-refractivity contribution is -0.125. The third-order valence-corrected chi connectivity index (χ3v) is 3.82. The van der Waals surface area contributed by atoms with Gasteiger partial charge >= 0.3 is 0 Å². The van der Waals surface area contributed by atoms with Gasteiger partial charge in [0, 0.05) is 24.2 Å². The molecule has 1 aromatic rings. The fourth-order valence-corrected chi connectivity index (χ4v) is 2.23. The quantitative estimate of drug-likeness (QED) is 0.693. The Bertz CT molecular complexity index is 554. The van der Waals surface area contributed by atoms with Crippen molar-refractivity contribution in [2.75, 3.05) is 11.9 Å². The van der Waals surface area contributed by atoms with E-state index in [-0.39, 0.29) is 36.7 Å². The molecule has 0 bridgehead atoms. The zero-order chi connectivity index (χ0) is 16.3. The fourth-order valence-electron chi connectivity index (χ4n) is 2.23. The predicted molar refractivity (Wildman–Crippen MR) is 91.6 cm³/mol. The van der Waals surface area contributed by atoms with Crippen LogP contribution in [0.2, 0.25) is 0 Å². The summed E-state index contributed by atoms with van der Waals surface area (Å²) in [6.07, 6.45) is 2.37. The predicted octanol–water partition coefficient (Wildman–Crippen LogP) is 1.24. The van der Waals surface area contributed by atoms with Gasteiger partial charge in [-0.25, -0.2) is 0 Å². The molecular weight excluding hydrogens is 318 g/mol. The lowest BCUT2D eigenvalue weighted by Gasteiger charge is -2.14. The Morgan fingerprint density at radius 3 is 2.61 bits per heavy atom. The van der Waals surface area contributed by atoms with Crippen LogP contribution >= 0.6 is 12.4 Å². The SMILES string of the molecule is CCn1nc(NC(=O)CNC(=O)[C@@H](N)C(C)C)cc1C1CC1.Cl. The summed E-state index contributed by atoms with van der Waals surface area (Å²) in [7, 11) is 0. The van der Waals surface area contributed by atoms with Crippen molar-refractivity contribution in [1.82, 2.24) is 15.1 Å². The molecule has 7 nitrogen and oxygen atoms in total. The van der Waals surface area contributed by atoms with Gasteiger partial charge in [0.2, 0.25) is 11.8 Å². The van der Waals surface area contributed by atoms with E-state index in [4.69, 9.17) is 5.73 Å². The van der Waals surface area contributed by atoms with Crippen molar-refractivity contribution in [2.45, 2.75) is 52.1 Å². The van der Waals surface area contributed by atoms with Crippen LogP contribution in [0.1, 0.15) is 45.2 Å². The number of nitrogens with one attached hydrogen (secondary N) is 2. The first-order chi connectivity index (χ1) is 10.4. The number of nitrogens with two attached hydrogens (primary N) is 1. The number of nitrogens with zero attached hydrogens (tertiary/aromatic N) is 2. The van der Waals surface area contributed by atoms with Gasteiger partial charge < -0.3 is 16.4 Å². The van der Waals surface area contributed by atoms with Crippen molar-refractivity contribution in [1.29, 1.82) is 0 Å². The van der Waals surface area contributed by atoms with Gasteiger partial charge in [0.25, 0.3) is 0 Å². The Morgan fingerprint density at radius 1 is 1.43 bits per heavy atom. The van der Waals surface area contributed by atoms with E-state index in [1.165, 1.54) is 18.5 Å². The summed E-state index contributed by atoms with van der Waals surface area (Å²) in [6, 6.07) is 1.31. The Kier molecular flexibility index (Phi) is 7.02. The molecule has 23 heavy (non-hydrogen) atoms. The van der Waals surface area contributed by atoms with Crippen LogP contribution in [0.5, 0.6) is 0 Å². The summed E-state index contributed by atoms with van der Waals surface area (Å²) < 4.78 is 1.92. The van der Waals surface area contributed by atoms with Gasteiger partial charge in [0.05, 0.1) is 12.6 Å². The third-order valence-electron chi connectivity index (χ3n) is 3.82. The second kappa shape index (κ2) is 8.31. The van der Waals surface area contributed by atoms with Gasteiger partial charge in [-0.05, 0) is 25.7 Å². The molecule has 4 N–H and O–H groups in total. The van der Waals surface area contributed by atoms with E-state index in [0.29, 0.717) is 11.7 Å². The lowest BCUT2D eigenvalue weighted by atomic mass is 10.1. The van der Waals surface area contributed by atoms with Crippen molar-refractivity contribution in [3.63, 3.8) is 0 Å². The van der Waals surface area contributed by atoms with Crippen LogP contribution in [0.15, 0.2) is 6.07 Å². The minimum Gasteiger partial charge on any atom is -0.346 e. The first-order valence-corrected chi connectivity index (χ1v) is 7.83. The van der Waals surface area contributed by atoms with Gasteiger partial charge in [-0.1, -0.05) is 13.8 Å². The molecule has 1 fully saturated rings. The molecular formula is C15H26ClN5O2. The Labute approximate surface area is 142 Å². The molecule has 130 valence electrons. The molecule has 1 aliphatic rings. The molecule has 0 saturated heterocycles. The number of hydrogen-bond donors (Lipinski definition) is 3. The van der Waals surface area contributed by atoms with E-state index < -0.39 is 6.04 Å². The number of carbonyl (C=O) groups is 2. The van der Waals surface area contributed by atoms with Crippen LogP contribution in [0, 0.1) is 5.92 Å². The number of anilines is 1. The summed E-state index contributed by atoms with van der Waals surface area (Å²) >= 11 is 0. The summed E-state index contributed by atoms with van der Waals surface area (Å²) in [6.45, 7) is 6.43. The molecule has 2 amide bonds. The molecule has 1 heterocycles. The molecule has 8 heteroatoms. The molecule has 0 radical (unpaired) electrons. The number of halogens is 1. The summed E-state index contributed by atoms with van der Waals surface area (Å²) in [5, 5.41) is 9.63. The van der Waals surface area contributed by atoms with E-state index in [2.05, 4.69) is 15.7 Å². The molecule has 1 saturated carbocycles. The summed E-state index contributed by atoms with van der Waals surface area (Å²) in [4.78, 5) is 23.6. The maximum absolute atomic E-state index is 11.9. The standard InChI is InChI=1S/C15H25N5O2.ClH/c1-4-20-11(10-5-6-10)7-12(19-20)18-13(21)8-17-15(22)14(16)9(2)3;/h7,9-10,14H,4-6,8,16H2,1-3H3,(H,17,22)(H,18,19,21);1H/t14-;/m0./s1. The average molecular weight is 344 g/mol. The first kappa shape index (κ1) is 19.4. The van der Waals surface area contributed by atoms with Gasteiger partial charge in [-0.3, -0.25) is 14.3 Å². The van der Waals surface area contributed by atoms with Crippen LogP contribution in [-0.2, 0) is 16.1 Å². The van der Waals surface area contributed by atoms with Crippen LogP contribution < -0.4 is 16.4 Å². The largest absolute Gasteiger partial charge is 0.346 e. The summed E-state index contributed by atoms with van der Waals surface area (Å²) in [5.41, 5.74) is 6.89. The molecule has 0 unspecified atom stereocenters. The van der Waals surface area contributed by atoms with Crippen molar-refractivity contribution in [3.8, 4) is 0 Å². The Morgan fingerprint density at radius 2 is 2.09 bits per heavy atom. The monoisotopic (exact) mass is 343 g/mol. The van der Waals surface area contributed by atoms with Crippen molar-refractivity contribution in [3.05, 3.63) is 11.8 Å². The summed E-state index contributed by atoms with van der Waals surface area (Å²) in [5.74, 6) is 0.526. The Balaban J connectivity index is 0.00000264. The fraction of sp³-hybridized carbons (Fsp3) is 0.667. The van der Waals surface area contributed by atoms with E-state index >= 15 is 0 Å². The zero-order valence-corrected chi connectivity index (χ0v) is 14.7. The van der Waals surface area contributed by atoms with Crippen LogP contribution in [0.3, 0.4) is 0 Å². The van der Waals surface area contributed by atoms with Crippen molar-refractivity contribution >= 4 is 30.0 Å². The topological polar surface area (TPSA) is 102 Å². The van der Waals surface area contributed by atoms with Crippen LogP contribution in [0.4, 0.5) is 5.82 Å². The minimum atomic E-state index is -0.603. The second-order valence-corrected chi connectivity index (χ2v) is 6.08. The molecule has 0 spiro atoms. The smallest absolute Gasteiger partial charge is 0.244 e. The highest BCUT2D eigenvalue weighted by Crippen LogP contribution is 2.40. The van der Waals surface area contributed by atoms with E-state index in [9.17, 15) is 9.59 Å². The number of carbonyl (C=O) groups excluding carboxylic acids is 2. The Hall–Kier alpha value is -1.60. The molecule has 1 aliphatic carbocycles. The van der Waals surface area contributed by atoms with Gasteiger partial charge in [-0.15, -0.1) is 12.4 Å². The first-order valence-electron chi connectivity index (χ1n) is 7.83. The highest BCUT2D eigenvalue weighted by Gasteiger charge is 2.28. The highest BCUT2D eigenvalue weighted by molar-refractivity contribution is 5.94. The third kappa shape index (κ3) is 5.21. The lowest BCUT2D eigenvalue weighted by Crippen LogP contribution is -2.46. The molecule has 2 rings (SSSR count). The molecule has 1 atom stereocenters. The zero-order valence-electron chi connectivity index (χ0n) is 13.8. The molecule has 1 aromatic heterocycles. The van der Waals surface area contributed by atoms with Crippen molar-refractivity contribution in [2.24, 2.45) is 11.7 Å². The van der Waals surface area contributed by atoms with Gasteiger partial charge in [-0.2, -0.15) is 5.10 Å². The van der Waals surface area contributed by atoms with E-state index in [0.717, 1.165) is 6.54 Å². The number of aryl methyl sites for hydroxylation is 1. The molecule has 0 aliphatic heterocycles. The highest BCUT2D eigenvalue weighted by atomic mass is 35.5. The van der Waals surface area contributed by atoms with Crippen LogP contribution in [0.25, 0.3) is 0 Å². The second-order valence-electron chi connectivity index (χ2n) is 6.08. The normalized spacial score (nSPS) is 15.0. The average Bonchev–Trinajstić information content (AvgIpc) is 3.25. The van der Waals surface area contributed by atoms with Gasteiger partial charge in [0.1, 0.15) is 0 Å². The van der Waals surface area contributed by atoms with Crippen molar-refractivity contribution < 1.29 is 9.59 Å².